The normalized spacial score (nSPS) is 10.6. The van der Waals surface area contributed by atoms with Crippen molar-refractivity contribution in [1.82, 2.24) is 15.0 Å². The van der Waals surface area contributed by atoms with Crippen LogP contribution in [0.2, 0.25) is 0 Å². The van der Waals surface area contributed by atoms with E-state index in [1.165, 1.54) is 17.3 Å². The van der Waals surface area contributed by atoms with E-state index < -0.39 is 0 Å². The van der Waals surface area contributed by atoms with Gasteiger partial charge in [0.05, 0.1) is 32.1 Å². The summed E-state index contributed by atoms with van der Waals surface area (Å²) in [6.07, 6.45) is 0. The summed E-state index contributed by atoms with van der Waals surface area (Å²) in [6.45, 7) is 2.27. The first-order chi connectivity index (χ1) is 14.0. The first kappa shape index (κ1) is 20.7. The number of ether oxygens (including phenoxy) is 2. The summed E-state index contributed by atoms with van der Waals surface area (Å²) in [7, 11) is 4.87. The second-order valence-corrected chi connectivity index (χ2v) is 7.48. The van der Waals surface area contributed by atoms with E-state index in [0.29, 0.717) is 34.5 Å². The topological polar surface area (TPSA) is 77.7 Å². The van der Waals surface area contributed by atoms with E-state index in [4.69, 9.17) is 14.0 Å². The number of thioether (sulfide) groups is 1. The second kappa shape index (κ2) is 9.47. The molecule has 2 aromatic carbocycles. The van der Waals surface area contributed by atoms with Gasteiger partial charge in [0.25, 0.3) is 0 Å². The molecular formula is C21H23N3O4S. The van der Waals surface area contributed by atoms with Crippen molar-refractivity contribution in [2.75, 3.05) is 27.0 Å². The maximum atomic E-state index is 12.4. The fourth-order valence-corrected chi connectivity index (χ4v) is 3.43. The highest BCUT2D eigenvalue weighted by Crippen LogP contribution is 2.31. The lowest BCUT2D eigenvalue weighted by Gasteiger charge is -2.14. The van der Waals surface area contributed by atoms with Crippen molar-refractivity contribution in [3.05, 3.63) is 53.9 Å². The molecule has 152 valence electrons. The molecule has 8 heteroatoms. The van der Waals surface area contributed by atoms with Crippen molar-refractivity contribution in [3.63, 3.8) is 0 Å². The molecule has 0 bridgehead atoms. The average Bonchev–Trinajstić information content (AvgIpc) is 3.20. The molecule has 0 unspecified atom stereocenters. The Kier molecular flexibility index (Phi) is 6.77. The van der Waals surface area contributed by atoms with Gasteiger partial charge in [0.15, 0.2) is 0 Å². The fourth-order valence-electron chi connectivity index (χ4n) is 2.59. The number of benzene rings is 2. The van der Waals surface area contributed by atoms with Crippen molar-refractivity contribution < 1.29 is 18.8 Å². The Morgan fingerprint density at radius 3 is 2.59 bits per heavy atom. The number of carbonyl (C=O) groups is 1. The molecule has 29 heavy (non-hydrogen) atoms. The largest absolute Gasteiger partial charge is 0.497 e. The van der Waals surface area contributed by atoms with E-state index >= 15 is 0 Å². The van der Waals surface area contributed by atoms with Crippen LogP contribution in [0.4, 0.5) is 0 Å². The van der Waals surface area contributed by atoms with Gasteiger partial charge in [-0.05, 0) is 31.2 Å². The number of aromatic nitrogens is 2. The number of carbonyl (C=O) groups excluding carboxylic acids is 1. The van der Waals surface area contributed by atoms with Crippen molar-refractivity contribution in [2.24, 2.45) is 0 Å². The summed E-state index contributed by atoms with van der Waals surface area (Å²) in [5.74, 6) is 2.33. The predicted octanol–water partition coefficient (Wildman–Crippen LogP) is 3.81. The van der Waals surface area contributed by atoms with Crippen LogP contribution in [0, 0.1) is 6.92 Å². The maximum Gasteiger partial charge on any atom is 0.246 e. The smallest absolute Gasteiger partial charge is 0.246 e. The monoisotopic (exact) mass is 413 g/mol. The number of aryl methyl sites for hydroxylation is 1. The van der Waals surface area contributed by atoms with Crippen molar-refractivity contribution >= 4 is 17.7 Å². The van der Waals surface area contributed by atoms with Gasteiger partial charge in [0, 0.05) is 18.0 Å². The first-order valence-corrected chi connectivity index (χ1v) is 9.97. The highest BCUT2D eigenvalue weighted by molar-refractivity contribution is 8.00. The van der Waals surface area contributed by atoms with Crippen molar-refractivity contribution in [2.45, 2.75) is 18.4 Å². The second-order valence-electron chi connectivity index (χ2n) is 6.43. The molecule has 7 nitrogen and oxygen atoms in total. The van der Waals surface area contributed by atoms with Crippen LogP contribution in [0.3, 0.4) is 0 Å². The Bertz CT molecular complexity index is 972. The molecule has 0 aliphatic carbocycles. The van der Waals surface area contributed by atoms with Crippen LogP contribution in [0.15, 0.2) is 51.9 Å². The van der Waals surface area contributed by atoms with Crippen LogP contribution in [-0.2, 0) is 11.3 Å². The van der Waals surface area contributed by atoms with E-state index in [0.717, 1.165) is 4.90 Å². The van der Waals surface area contributed by atoms with Gasteiger partial charge in [-0.3, -0.25) is 4.79 Å². The Morgan fingerprint density at radius 1 is 1.14 bits per heavy atom. The third-order valence-corrected chi connectivity index (χ3v) is 5.30. The molecule has 3 rings (SSSR count). The van der Waals surface area contributed by atoms with E-state index in [1.54, 1.807) is 44.4 Å². The zero-order valence-electron chi connectivity index (χ0n) is 16.8. The van der Waals surface area contributed by atoms with Crippen LogP contribution < -0.4 is 9.47 Å². The first-order valence-electron chi connectivity index (χ1n) is 8.98. The van der Waals surface area contributed by atoms with E-state index in [1.807, 2.05) is 31.2 Å². The number of nitrogens with zero attached hydrogens (tertiary/aromatic N) is 3. The molecule has 3 aromatic rings. The van der Waals surface area contributed by atoms with Gasteiger partial charge in [-0.15, -0.1) is 11.8 Å². The number of rotatable bonds is 8. The highest BCUT2D eigenvalue weighted by atomic mass is 32.2. The lowest BCUT2D eigenvalue weighted by molar-refractivity contribution is -0.127. The van der Waals surface area contributed by atoms with E-state index in [2.05, 4.69) is 10.1 Å². The van der Waals surface area contributed by atoms with Gasteiger partial charge < -0.3 is 18.9 Å². The van der Waals surface area contributed by atoms with Gasteiger partial charge in [-0.25, -0.2) is 0 Å². The molecular weight excluding hydrogens is 390 g/mol. The summed E-state index contributed by atoms with van der Waals surface area (Å²) in [5.41, 5.74) is 1.88. The van der Waals surface area contributed by atoms with Crippen LogP contribution >= 0.6 is 11.8 Å². The van der Waals surface area contributed by atoms with E-state index in [-0.39, 0.29) is 12.5 Å². The number of hydrogen-bond acceptors (Lipinski definition) is 7. The summed E-state index contributed by atoms with van der Waals surface area (Å²) >= 11 is 1.50. The number of methoxy groups -OCH3 is 2. The van der Waals surface area contributed by atoms with Crippen LogP contribution in [-0.4, -0.2) is 48.0 Å². The lowest BCUT2D eigenvalue weighted by Crippen LogP contribution is -2.27. The molecule has 0 radical (unpaired) electrons. The van der Waals surface area contributed by atoms with Gasteiger partial charge in [-0.2, -0.15) is 4.98 Å². The van der Waals surface area contributed by atoms with Gasteiger partial charge >= 0.3 is 0 Å². The SMILES string of the molecule is COc1ccc(-c2noc(CN(C)C(=O)CSc3ccc(C)cc3)n2)c(OC)c1. The van der Waals surface area contributed by atoms with Crippen molar-refractivity contribution in [1.29, 1.82) is 0 Å². The summed E-state index contributed by atoms with van der Waals surface area (Å²) < 4.78 is 15.9. The zero-order chi connectivity index (χ0) is 20.8. The number of amides is 1. The van der Waals surface area contributed by atoms with E-state index in [9.17, 15) is 4.79 Å². The molecule has 0 spiro atoms. The Balaban J connectivity index is 1.62. The van der Waals surface area contributed by atoms with Crippen LogP contribution in [0.1, 0.15) is 11.5 Å². The maximum absolute atomic E-state index is 12.4. The van der Waals surface area contributed by atoms with Crippen LogP contribution in [0.5, 0.6) is 11.5 Å². The number of hydrogen-bond donors (Lipinski definition) is 0. The Hall–Kier alpha value is -3.00. The summed E-state index contributed by atoms with van der Waals surface area (Å²) in [4.78, 5) is 19.4. The molecule has 0 fully saturated rings. The average molecular weight is 413 g/mol. The molecule has 1 heterocycles. The standard InChI is InChI=1S/C21H23N3O4S/c1-14-5-8-16(9-6-14)29-13-20(25)24(2)12-19-22-21(23-28-19)17-10-7-15(26-3)11-18(17)27-4/h5-11H,12-13H2,1-4H3. The predicted molar refractivity (Wildman–Crippen MR) is 111 cm³/mol. The molecule has 0 N–H and O–H groups in total. The zero-order valence-corrected chi connectivity index (χ0v) is 17.7. The Labute approximate surface area is 174 Å². The summed E-state index contributed by atoms with van der Waals surface area (Å²) in [5, 5.41) is 4.01. The fraction of sp³-hybridized carbons (Fsp3) is 0.286. The molecule has 1 aromatic heterocycles. The third-order valence-electron chi connectivity index (χ3n) is 4.30. The minimum Gasteiger partial charge on any atom is -0.497 e. The molecule has 0 aliphatic rings. The minimum absolute atomic E-state index is 0.0163. The van der Waals surface area contributed by atoms with Gasteiger partial charge in [0.1, 0.15) is 11.5 Å². The third kappa shape index (κ3) is 5.29. The lowest BCUT2D eigenvalue weighted by atomic mass is 10.2. The molecule has 0 saturated heterocycles. The quantitative estimate of drug-likeness (QED) is 0.520. The van der Waals surface area contributed by atoms with Gasteiger partial charge in [0.2, 0.25) is 17.6 Å². The molecule has 0 atom stereocenters. The molecule has 0 aliphatic heterocycles. The van der Waals surface area contributed by atoms with Gasteiger partial charge in [-0.1, -0.05) is 22.9 Å². The molecule has 0 saturated carbocycles. The van der Waals surface area contributed by atoms with Crippen LogP contribution in [0.25, 0.3) is 11.4 Å². The molecule has 1 amide bonds. The highest BCUT2D eigenvalue weighted by Gasteiger charge is 2.17. The minimum atomic E-state index is -0.0163. The van der Waals surface area contributed by atoms with Crippen molar-refractivity contribution in [3.8, 4) is 22.9 Å². The summed E-state index contributed by atoms with van der Waals surface area (Å²) in [6, 6.07) is 13.4. The Morgan fingerprint density at radius 2 is 1.90 bits per heavy atom.